The Hall–Kier alpha value is -6.66. The predicted molar refractivity (Wildman–Crippen MR) is 227 cm³/mol. The van der Waals surface area contributed by atoms with Crippen molar-refractivity contribution >= 4 is 0 Å². The number of rotatable bonds is 12. The molecule has 0 saturated carbocycles. The summed E-state index contributed by atoms with van der Waals surface area (Å²) in [5.74, 6) is 1.91. The Morgan fingerprint density at radius 3 is 1.14 bits per heavy atom. The van der Waals surface area contributed by atoms with Crippen LogP contribution in [0.25, 0.3) is 33.8 Å². The van der Waals surface area contributed by atoms with Gasteiger partial charge in [0.1, 0.15) is 17.2 Å². The molecule has 0 radical (unpaired) electrons. The molecule has 3 aromatic heterocycles. The van der Waals surface area contributed by atoms with Gasteiger partial charge in [0.15, 0.2) is 0 Å². The van der Waals surface area contributed by atoms with E-state index in [-0.39, 0.29) is 0 Å². The maximum absolute atomic E-state index is 6.56. The second kappa shape index (κ2) is 15.2. The number of benzene rings is 5. The summed E-state index contributed by atoms with van der Waals surface area (Å²) in [6, 6.07) is 59.7. The molecule has 0 spiro atoms. The van der Waals surface area contributed by atoms with E-state index in [2.05, 4.69) is 205 Å². The molecule has 0 bridgehead atoms. The normalized spacial score (nSPS) is 12.0. The van der Waals surface area contributed by atoms with Gasteiger partial charge in [-0.15, -0.1) is 0 Å². The highest BCUT2D eigenvalue weighted by Crippen LogP contribution is 2.60. The van der Waals surface area contributed by atoms with Crippen LogP contribution >= 0.6 is 0 Å². The second-order valence-electron chi connectivity index (χ2n) is 14.2. The fourth-order valence-corrected chi connectivity index (χ4v) is 8.91. The minimum absolute atomic E-state index is 0.402. The van der Waals surface area contributed by atoms with E-state index >= 15 is 0 Å². The first-order valence-electron chi connectivity index (χ1n) is 18.9. The zero-order valence-corrected chi connectivity index (χ0v) is 32.8. The third kappa shape index (κ3) is 5.89. The van der Waals surface area contributed by atoms with Crippen LogP contribution in [0.2, 0.25) is 0 Å². The van der Waals surface area contributed by atoms with Crippen LogP contribution in [0, 0.1) is 0 Å². The summed E-state index contributed by atoms with van der Waals surface area (Å²) < 4.78 is 26.5. The number of methoxy groups -OCH3 is 3. The molecule has 6 nitrogen and oxygen atoms in total. The van der Waals surface area contributed by atoms with Gasteiger partial charge in [0.2, 0.25) is 0 Å². The Kier molecular flexibility index (Phi) is 9.88. The van der Waals surface area contributed by atoms with Crippen molar-refractivity contribution in [2.75, 3.05) is 21.3 Å². The second-order valence-corrected chi connectivity index (χ2v) is 14.2. The molecular formula is C50H47N3O3. The maximum Gasteiger partial charge on any atom is 0.141 e. The van der Waals surface area contributed by atoms with Crippen molar-refractivity contribution in [2.45, 2.75) is 11.3 Å². The van der Waals surface area contributed by atoms with Crippen LogP contribution in [0.1, 0.15) is 34.1 Å². The average molecular weight is 738 g/mol. The van der Waals surface area contributed by atoms with E-state index in [1.807, 2.05) is 0 Å². The maximum atomic E-state index is 6.56. The number of ether oxygens (including phenoxy) is 3. The Balaban J connectivity index is 1.62. The van der Waals surface area contributed by atoms with Gasteiger partial charge >= 0.3 is 0 Å². The molecule has 1 unspecified atom stereocenters. The van der Waals surface area contributed by atoms with Gasteiger partial charge in [-0.25, -0.2) is 0 Å². The quantitative estimate of drug-likeness (QED) is 0.125. The van der Waals surface area contributed by atoms with E-state index in [4.69, 9.17) is 14.2 Å². The lowest BCUT2D eigenvalue weighted by atomic mass is 9.61. The van der Waals surface area contributed by atoms with E-state index in [0.29, 0.717) is 0 Å². The van der Waals surface area contributed by atoms with Gasteiger partial charge in [-0.05, 0) is 27.8 Å². The van der Waals surface area contributed by atoms with Crippen LogP contribution in [-0.2, 0) is 26.6 Å². The molecule has 3 heterocycles. The number of nitrogens with zero attached hydrogens (tertiary/aromatic N) is 3. The highest BCUT2D eigenvalue weighted by Gasteiger charge is 2.54. The van der Waals surface area contributed by atoms with E-state index < -0.39 is 11.3 Å². The molecule has 0 amide bonds. The Morgan fingerprint density at radius 2 is 0.750 bits per heavy atom. The van der Waals surface area contributed by atoms with E-state index in [9.17, 15) is 0 Å². The summed E-state index contributed by atoms with van der Waals surface area (Å²) in [6.07, 6.45) is 0. The van der Waals surface area contributed by atoms with Gasteiger partial charge in [0.05, 0.1) is 60.9 Å². The van der Waals surface area contributed by atoms with Gasteiger partial charge in [-0.3, -0.25) is 0 Å². The minimum atomic E-state index is -1.02. The number of aromatic nitrogens is 3. The molecule has 0 aliphatic carbocycles. The molecule has 8 aromatic rings. The summed E-state index contributed by atoms with van der Waals surface area (Å²) >= 11 is 0. The SMILES string of the molecule is COc1cc(-c2ccccc2)n(C)c1C(c1ccccc1)C(c1ccccc1)(c1c(OC)cc(-c2ccccc2)n1C)c1c(OC)cc(-c2ccccc2)n1C. The summed E-state index contributed by atoms with van der Waals surface area (Å²) in [6.45, 7) is 0. The van der Waals surface area contributed by atoms with Gasteiger partial charge in [0.25, 0.3) is 0 Å². The molecule has 0 aliphatic heterocycles. The fraction of sp³-hybridized carbons (Fsp3) is 0.160. The van der Waals surface area contributed by atoms with E-state index in [0.717, 1.165) is 79.2 Å². The molecule has 0 N–H and O–H groups in total. The third-order valence-corrected chi connectivity index (χ3v) is 11.3. The fourth-order valence-electron chi connectivity index (χ4n) is 8.91. The molecule has 6 heteroatoms. The van der Waals surface area contributed by atoms with Crippen LogP contribution in [0.3, 0.4) is 0 Å². The Labute approximate surface area is 329 Å². The monoisotopic (exact) mass is 737 g/mol. The largest absolute Gasteiger partial charge is 0.495 e. The zero-order chi connectivity index (χ0) is 38.8. The van der Waals surface area contributed by atoms with Crippen LogP contribution < -0.4 is 14.2 Å². The highest BCUT2D eigenvalue weighted by molar-refractivity contribution is 5.74. The molecule has 5 aromatic carbocycles. The van der Waals surface area contributed by atoms with Crippen LogP contribution in [0.4, 0.5) is 0 Å². The molecule has 8 rings (SSSR count). The van der Waals surface area contributed by atoms with Crippen molar-refractivity contribution in [3.8, 4) is 51.0 Å². The first kappa shape index (κ1) is 36.3. The van der Waals surface area contributed by atoms with Crippen molar-refractivity contribution in [3.63, 3.8) is 0 Å². The van der Waals surface area contributed by atoms with Gasteiger partial charge in [-0.1, -0.05) is 152 Å². The third-order valence-electron chi connectivity index (χ3n) is 11.3. The van der Waals surface area contributed by atoms with Gasteiger partial charge < -0.3 is 27.9 Å². The summed E-state index contributed by atoms with van der Waals surface area (Å²) in [5.41, 5.74) is 10.5. The summed E-state index contributed by atoms with van der Waals surface area (Å²) in [5, 5.41) is 0. The van der Waals surface area contributed by atoms with Gasteiger partial charge in [0, 0.05) is 45.3 Å². The first-order chi connectivity index (χ1) is 27.4. The highest BCUT2D eigenvalue weighted by atomic mass is 16.5. The topological polar surface area (TPSA) is 42.5 Å². The molecular weight excluding hydrogens is 691 g/mol. The lowest BCUT2D eigenvalue weighted by Crippen LogP contribution is -2.42. The predicted octanol–water partition coefficient (Wildman–Crippen LogP) is 10.9. The standard InChI is InChI=1S/C50H47N3O3/c1-51-40(35-22-12-7-13-23-35)32-43(54-4)47(51)46(38-28-18-10-19-29-38)50(39-30-20-11-21-31-39,48-44(55-5)33-41(52(48)2)36-24-14-8-15-25-36)49-45(56-6)34-42(53(49)3)37-26-16-9-17-27-37/h7-34,46H,1-6H3. The molecule has 0 aliphatic rings. The molecule has 0 fully saturated rings. The number of hydrogen-bond donors (Lipinski definition) is 0. The van der Waals surface area contributed by atoms with Gasteiger partial charge in [-0.2, -0.15) is 0 Å². The van der Waals surface area contributed by atoms with E-state index in [1.54, 1.807) is 21.3 Å². The average Bonchev–Trinajstić information content (AvgIpc) is 3.90. The van der Waals surface area contributed by atoms with Crippen molar-refractivity contribution in [3.05, 3.63) is 198 Å². The Bertz CT molecular complexity index is 2460. The van der Waals surface area contributed by atoms with Crippen molar-refractivity contribution in [2.24, 2.45) is 21.1 Å². The minimum Gasteiger partial charge on any atom is -0.495 e. The molecule has 0 saturated heterocycles. The van der Waals surface area contributed by atoms with Crippen LogP contribution in [-0.4, -0.2) is 35.0 Å². The van der Waals surface area contributed by atoms with Crippen molar-refractivity contribution < 1.29 is 14.2 Å². The zero-order valence-electron chi connectivity index (χ0n) is 32.8. The molecule has 280 valence electrons. The Morgan fingerprint density at radius 1 is 0.411 bits per heavy atom. The van der Waals surface area contributed by atoms with Crippen molar-refractivity contribution in [1.29, 1.82) is 0 Å². The number of hydrogen-bond acceptors (Lipinski definition) is 3. The van der Waals surface area contributed by atoms with Crippen LogP contribution in [0.5, 0.6) is 17.2 Å². The molecule has 1 atom stereocenters. The van der Waals surface area contributed by atoms with Crippen molar-refractivity contribution in [1.82, 2.24) is 13.7 Å². The van der Waals surface area contributed by atoms with Crippen LogP contribution in [0.15, 0.2) is 170 Å². The lowest BCUT2D eigenvalue weighted by molar-refractivity contribution is 0.355. The summed E-state index contributed by atoms with van der Waals surface area (Å²) in [4.78, 5) is 0. The summed E-state index contributed by atoms with van der Waals surface area (Å²) in [7, 11) is 11.8. The first-order valence-corrected chi connectivity index (χ1v) is 18.9. The van der Waals surface area contributed by atoms with E-state index in [1.165, 1.54) is 0 Å². The lowest BCUT2D eigenvalue weighted by Gasteiger charge is -2.44. The smallest absolute Gasteiger partial charge is 0.141 e. The molecule has 56 heavy (non-hydrogen) atoms.